The molecule has 0 bridgehead atoms. The molecule has 0 aliphatic rings. The Morgan fingerprint density at radius 1 is 0.757 bits per heavy atom. The normalized spacial score (nSPS) is 11.8. The first-order valence-electron chi connectivity index (χ1n) is 13.0. The van der Waals surface area contributed by atoms with Gasteiger partial charge in [0, 0.05) is 22.8 Å². The number of hydrogen-bond donors (Lipinski definition) is 0. The summed E-state index contributed by atoms with van der Waals surface area (Å²) in [5, 5.41) is 7.50. The fourth-order valence-corrected chi connectivity index (χ4v) is 5.30. The molecule has 0 N–H and O–H groups in total. The van der Waals surface area contributed by atoms with Gasteiger partial charge in [-0.05, 0) is 40.7 Å². The third kappa shape index (κ3) is 4.13. The number of aromatic nitrogens is 3. The molecule has 0 aliphatic heterocycles. The van der Waals surface area contributed by atoms with Crippen LogP contribution in [0.4, 0.5) is 0 Å². The summed E-state index contributed by atoms with van der Waals surface area (Å²) in [6.45, 7) is 8.99. The van der Waals surface area contributed by atoms with Crippen LogP contribution in [0.1, 0.15) is 62.0 Å². The third-order valence-electron chi connectivity index (χ3n) is 7.01. The van der Waals surface area contributed by atoms with E-state index < -0.39 is 0 Å². The van der Waals surface area contributed by atoms with E-state index >= 15 is 0 Å². The van der Waals surface area contributed by atoms with Gasteiger partial charge in [0.1, 0.15) is 11.2 Å². The van der Waals surface area contributed by atoms with Gasteiger partial charge in [0.2, 0.25) is 0 Å². The summed E-state index contributed by atoms with van der Waals surface area (Å²) in [6.07, 6.45) is 0.679. The first-order chi connectivity index (χ1) is 18.0. The van der Waals surface area contributed by atoms with Crippen molar-refractivity contribution in [1.29, 1.82) is 0 Å². The van der Waals surface area contributed by atoms with Crippen LogP contribution < -0.4 is 0 Å². The van der Waals surface area contributed by atoms with Crippen molar-refractivity contribution >= 4 is 21.9 Å². The summed E-state index contributed by atoms with van der Waals surface area (Å²) < 4.78 is 8.48. The van der Waals surface area contributed by atoms with Crippen LogP contribution in [0.5, 0.6) is 0 Å². The van der Waals surface area contributed by atoms with Gasteiger partial charge in [0.15, 0.2) is 11.6 Å². The second-order valence-electron chi connectivity index (χ2n) is 10.3. The summed E-state index contributed by atoms with van der Waals surface area (Å²) in [5.74, 6) is 2.20. The van der Waals surface area contributed by atoms with Gasteiger partial charge in [-0.3, -0.25) is 0 Å². The topological polar surface area (TPSA) is 43.9 Å². The zero-order chi connectivity index (χ0) is 25.5. The van der Waals surface area contributed by atoms with Crippen LogP contribution in [-0.2, 0) is 6.42 Å². The highest BCUT2D eigenvalue weighted by molar-refractivity contribution is 6.08. The Morgan fingerprint density at radius 3 is 2.14 bits per heavy atom. The summed E-state index contributed by atoms with van der Waals surface area (Å²) in [7, 11) is 0. The predicted octanol–water partition coefficient (Wildman–Crippen LogP) is 8.67. The molecule has 2 aromatic heterocycles. The average Bonchev–Trinajstić information content (AvgIpc) is 3.49. The molecule has 0 saturated carbocycles. The Balaban J connectivity index is 1.69. The third-order valence-corrected chi connectivity index (χ3v) is 7.01. The van der Waals surface area contributed by atoms with Crippen LogP contribution in [0.15, 0.2) is 95.4 Å². The molecule has 184 valence electrons. The molecule has 6 aromatic rings. The van der Waals surface area contributed by atoms with E-state index in [4.69, 9.17) is 14.5 Å². The molecule has 0 aliphatic carbocycles. The van der Waals surface area contributed by atoms with Gasteiger partial charge in [0.25, 0.3) is 0 Å². The molecule has 6 rings (SSSR count). The lowest BCUT2D eigenvalue weighted by Gasteiger charge is -2.21. The van der Waals surface area contributed by atoms with E-state index in [0.717, 1.165) is 39.5 Å². The quantitative estimate of drug-likeness (QED) is 0.237. The minimum Gasteiger partial charge on any atom is -0.456 e. The Labute approximate surface area is 217 Å². The lowest BCUT2D eigenvalue weighted by molar-refractivity contribution is 0.665. The number of hydrogen-bond acceptors (Lipinski definition) is 3. The first-order valence-corrected chi connectivity index (χ1v) is 13.0. The van der Waals surface area contributed by atoms with E-state index in [9.17, 15) is 0 Å². The van der Waals surface area contributed by atoms with Crippen LogP contribution in [0.25, 0.3) is 39.0 Å². The van der Waals surface area contributed by atoms with Crippen molar-refractivity contribution in [2.45, 2.75) is 46.0 Å². The molecule has 4 heteroatoms. The molecule has 4 nitrogen and oxygen atoms in total. The maximum absolute atomic E-state index is 6.38. The maximum Gasteiger partial charge on any atom is 0.163 e. The Kier molecular flexibility index (Phi) is 5.88. The Bertz CT molecular complexity index is 1690. The van der Waals surface area contributed by atoms with Crippen LogP contribution in [0.3, 0.4) is 0 Å². The molecule has 0 unspecified atom stereocenters. The van der Waals surface area contributed by atoms with E-state index in [0.29, 0.717) is 6.42 Å². The van der Waals surface area contributed by atoms with Crippen molar-refractivity contribution in [2.75, 3.05) is 0 Å². The van der Waals surface area contributed by atoms with Gasteiger partial charge >= 0.3 is 0 Å². The van der Waals surface area contributed by atoms with Crippen LogP contribution >= 0.6 is 0 Å². The first kappa shape index (κ1) is 23.2. The van der Waals surface area contributed by atoms with Crippen LogP contribution in [0.2, 0.25) is 0 Å². The van der Waals surface area contributed by atoms with Gasteiger partial charge in [-0.15, -0.1) is 0 Å². The standard InChI is InChI=1S/C33H31N3O/c1-21(2)26-20-28-31(25-17-11-12-18-27(25)37-28)30(22(3)4)32(26)36-33(24-15-9-6-10-16-24)34-29(35-36)19-23-13-7-5-8-14-23/h5-18,20-22H,19H2,1-4H3. The fourth-order valence-electron chi connectivity index (χ4n) is 5.30. The lowest BCUT2D eigenvalue weighted by atomic mass is 9.89. The highest BCUT2D eigenvalue weighted by atomic mass is 16.3. The Hall–Kier alpha value is -4.18. The summed E-state index contributed by atoms with van der Waals surface area (Å²) in [4.78, 5) is 5.11. The molecule has 0 fully saturated rings. The number of furan rings is 1. The van der Waals surface area contributed by atoms with Crippen molar-refractivity contribution in [3.8, 4) is 17.1 Å². The highest BCUT2D eigenvalue weighted by Crippen LogP contribution is 2.42. The second kappa shape index (κ2) is 9.36. The monoisotopic (exact) mass is 485 g/mol. The van der Waals surface area contributed by atoms with Gasteiger partial charge < -0.3 is 4.42 Å². The second-order valence-corrected chi connectivity index (χ2v) is 10.3. The molecular weight excluding hydrogens is 454 g/mol. The summed E-state index contributed by atoms with van der Waals surface area (Å²) in [6, 6.07) is 31.4. The molecule has 4 aromatic carbocycles. The largest absolute Gasteiger partial charge is 0.456 e. The molecular formula is C33H31N3O. The van der Waals surface area contributed by atoms with Crippen molar-refractivity contribution in [3.05, 3.63) is 114 Å². The highest BCUT2D eigenvalue weighted by Gasteiger charge is 2.26. The van der Waals surface area contributed by atoms with E-state index in [1.165, 1.54) is 22.1 Å². The minimum atomic E-state index is 0.252. The van der Waals surface area contributed by atoms with Crippen molar-refractivity contribution < 1.29 is 4.42 Å². The van der Waals surface area contributed by atoms with Gasteiger partial charge in [-0.1, -0.05) is 107 Å². The van der Waals surface area contributed by atoms with Gasteiger partial charge in [-0.25, -0.2) is 9.67 Å². The van der Waals surface area contributed by atoms with E-state index in [2.05, 4.69) is 105 Å². The number of nitrogens with zero attached hydrogens (tertiary/aromatic N) is 3. The SMILES string of the molecule is CC(C)c1cc2oc3ccccc3c2c(C(C)C)c1-n1nc(Cc2ccccc2)nc1-c1ccccc1. The molecule has 0 atom stereocenters. The number of fused-ring (bicyclic) bond motifs is 3. The molecule has 0 spiro atoms. The van der Waals surface area contributed by atoms with Crippen molar-refractivity contribution in [3.63, 3.8) is 0 Å². The summed E-state index contributed by atoms with van der Waals surface area (Å²) in [5.41, 5.74) is 7.68. The van der Waals surface area contributed by atoms with E-state index in [1.807, 2.05) is 18.2 Å². The smallest absolute Gasteiger partial charge is 0.163 e. The summed E-state index contributed by atoms with van der Waals surface area (Å²) >= 11 is 0. The lowest BCUT2D eigenvalue weighted by Crippen LogP contribution is -2.10. The number of benzene rings is 4. The molecule has 0 radical (unpaired) electrons. The van der Waals surface area contributed by atoms with Gasteiger partial charge in [0.05, 0.1) is 5.69 Å². The zero-order valence-corrected chi connectivity index (χ0v) is 21.8. The van der Waals surface area contributed by atoms with Gasteiger partial charge in [-0.2, -0.15) is 5.10 Å². The van der Waals surface area contributed by atoms with Crippen LogP contribution in [-0.4, -0.2) is 14.8 Å². The molecule has 2 heterocycles. The zero-order valence-electron chi connectivity index (χ0n) is 21.8. The molecule has 37 heavy (non-hydrogen) atoms. The molecule has 0 saturated heterocycles. The maximum atomic E-state index is 6.38. The number of para-hydroxylation sites is 1. The van der Waals surface area contributed by atoms with Crippen LogP contribution in [0, 0.1) is 0 Å². The molecule has 0 amide bonds. The minimum absolute atomic E-state index is 0.252. The predicted molar refractivity (Wildman–Crippen MR) is 151 cm³/mol. The number of rotatable bonds is 6. The van der Waals surface area contributed by atoms with Crippen molar-refractivity contribution in [2.24, 2.45) is 0 Å². The van der Waals surface area contributed by atoms with E-state index in [1.54, 1.807) is 0 Å². The Morgan fingerprint density at radius 2 is 1.43 bits per heavy atom. The van der Waals surface area contributed by atoms with Crippen molar-refractivity contribution in [1.82, 2.24) is 14.8 Å². The fraction of sp³-hybridized carbons (Fsp3) is 0.212. The van der Waals surface area contributed by atoms with E-state index in [-0.39, 0.29) is 11.8 Å². The average molecular weight is 486 g/mol.